The van der Waals surface area contributed by atoms with Crippen molar-refractivity contribution in [3.63, 3.8) is 0 Å². The van der Waals surface area contributed by atoms with Gasteiger partial charge in [0, 0.05) is 25.8 Å². The normalized spacial score (nSPS) is 10.7. The number of nitrogens with zero attached hydrogens (tertiary/aromatic N) is 1. The molecule has 0 atom stereocenters. The second-order valence-electron chi connectivity index (χ2n) is 5.18. The van der Waals surface area contributed by atoms with Crippen molar-refractivity contribution >= 4 is 5.69 Å². The number of nitrogens with two attached hydrogens (primary N) is 1. The number of benzene rings is 1. The third-order valence-corrected chi connectivity index (χ3v) is 3.56. The van der Waals surface area contributed by atoms with Crippen LogP contribution in [-0.2, 0) is 11.3 Å². The van der Waals surface area contributed by atoms with E-state index in [1.165, 1.54) is 0 Å². The molecule has 0 spiro atoms. The van der Waals surface area contributed by atoms with Crippen LogP contribution in [0.15, 0.2) is 35.1 Å². The minimum absolute atomic E-state index is 0.183. The Hall–Kier alpha value is -2.27. The lowest BCUT2D eigenvalue weighted by Gasteiger charge is -2.16. The van der Waals surface area contributed by atoms with Crippen molar-refractivity contribution in [1.29, 1.82) is 0 Å². The SMILES string of the molecule is COCCCn1c(-c2cc(C)ccc2OC)ccc(N)c1=O. The van der Waals surface area contributed by atoms with E-state index in [1.807, 2.05) is 31.2 Å². The van der Waals surface area contributed by atoms with E-state index in [0.717, 1.165) is 29.0 Å². The Morgan fingerprint density at radius 1 is 1.18 bits per heavy atom. The summed E-state index contributed by atoms with van der Waals surface area (Å²) < 4.78 is 12.2. The van der Waals surface area contributed by atoms with Crippen molar-refractivity contribution in [2.24, 2.45) is 0 Å². The fraction of sp³-hybridized carbons (Fsp3) is 0.353. The smallest absolute Gasteiger partial charge is 0.274 e. The molecule has 2 aromatic rings. The summed E-state index contributed by atoms with van der Waals surface area (Å²) in [4.78, 5) is 12.4. The minimum atomic E-state index is -0.183. The maximum atomic E-state index is 12.4. The van der Waals surface area contributed by atoms with Gasteiger partial charge in [-0.1, -0.05) is 11.6 Å². The Balaban J connectivity index is 2.57. The first-order valence-corrected chi connectivity index (χ1v) is 7.21. The average molecular weight is 302 g/mol. The van der Waals surface area contributed by atoms with Crippen molar-refractivity contribution in [3.05, 3.63) is 46.2 Å². The largest absolute Gasteiger partial charge is 0.496 e. The Labute approximate surface area is 130 Å². The van der Waals surface area contributed by atoms with Crippen LogP contribution in [0.4, 0.5) is 5.69 Å². The molecule has 2 rings (SSSR count). The van der Waals surface area contributed by atoms with E-state index >= 15 is 0 Å². The van der Waals surface area contributed by atoms with Crippen molar-refractivity contribution in [3.8, 4) is 17.0 Å². The Bertz CT molecular complexity index is 708. The predicted molar refractivity (Wildman–Crippen MR) is 88.3 cm³/mol. The van der Waals surface area contributed by atoms with E-state index in [-0.39, 0.29) is 11.2 Å². The highest BCUT2D eigenvalue weighted by Crippen LogP contribution is 2.30. The summed E-state index contributed by atoms with van der Waals surface area (Å²) in [5.41, 5.74) is 8.62. The highest BCUT2D eigenvalue weighted by Gasteiger charge is 2.13. The zero-order valence-corrected chi connectivity index (χ0v) is 13.3. The Kier molecular flexibility index (Phi) is 5.22. The van der Waals surface area contributed by atoms with Crippen LogP contribution in [0.5, 0.6) is 5.75 Å². The van der Waals surface area contributed by atoms with Gasteiger partial charge in [-0.25, -0.2) is 0 Å². The fourth-order valence-corrected chi connectivity index (χ4v) is 2.44. The van der Waals surface area contributed by atoms with E-state index < -0.39 is 0 Å². The van der Waals surface area contributed by atoms with Crippen molar-refractivity contribution in [1.82, 2.24) is 4.57 Å². The first-order chi connectivity index (χ1) is 10.6. The molecule has 5 heteroatoms. The number of pyridine rings is 1. The molecular formula is C17H22N2O3. The fourth-order valence-electron chi connectivity index (χ4n) is 2.44. The summed E-state index contributed by atoms with van der Waals surface area (Å²) in [5.74, 6) is 0.732. The van der Waals surface area contributed by atoms with Crippen LogP contribution in [0.25, 0.3) is 11.3 Å². The molecule has 22 heavy (non-hydrogen) atoms. The van der Waals surface area contributed by atoms with Crippen LogP contribution in [0.3, 0.4) is 0 Å². The number of ether oxygens (including phenoxy) is 2. The van der Waals surface area contributed by atoms with Gasteiger partial charge in [-0.15, -0.1) is 0 Å². The number of nitrogen functional groups attached to an aromatic ring is 1. The summed E-state index contributed by atoms with van der Waals surface area (Å²) in [7, 11) is 3.27. The number of hydrogen-bond acceptors (Lipinski definition) is 4. The van der Waals surface area contributed by atoms with Gasteiger partial charge in [-0.2, -0.15) is 0 Å². The maximum absolute atomic E-state index is 12.4. The zero-order chi connectivity index (χ0) is 16.1. The molecule has 0 saturated carbocycles. The quantitative estimate of drug-likeness (QED) is 0.832. The van der Waals surface area contributed by atoms with Crippen LogP contribution < -0.4 is 16.0 Å². The van der Waals surface area contributed by atoms with Crippen LogP contribution in [0, 0.1) is 6.92 Å². The maximum Gasteiger partial charge on any atom is 0.274 e. The lowest BCUT2D eigenvalue weighted by atomic mass is 10.1. The summed E-state index contributed by atoms with van der Waals surface area (Å²) >= 11 is 0. The number of anilines is 1. The topological polar surface area (TPSA) is 66.5 Å². The molecule has 0 fully saturated rings. The molecule has 0 aliphatic heterocycles. The highest BCUT2D eigenvalue weighted by molar-refractivity contribution is 5.69. The number of aryl methyl sites for hydroxylation is 1. The summed E-state index contributed by atoms with van der Waals surface area (Å²) in [6.45, 7) is 3.14. The van der Waals surface area contributed by atoms with Gasteiger partial charge in [0.25, 0.3) is 5.56 Å². The number of hydrogen-bond donors (Lipinski definition) is 1. The molecule has 0 unspecified atom stereocenters. The second-order valence-corrected chi connectivity index (χ2v) is 5.18. The van der Waals surface area contributed by atoms with Crippen LogP contribution >= 0.6 is 0 Å². The highest BCUT2D eigenvalue weighted by atomic mass is 16.5. The van der Waals surface area contributed by atoms with Gasteiger partial charge >= 0.3 is 0 Å². The molecule has 1 aromatic carbocycles. The zero-order valence-electron chi connectivity index (χ0n) is 13.3. The van der Waals surface area contributed by atoms with E-state index in [4.69, 9.17) is 15.2 Å². The predicted octanol–water partition coefficient (Wildman–Crippen LogP) is 2.45. The van der Waals surface area contributed by atoms with Crippen molar-refractivity contribution in [2.75, 3.05) is 26.6 Å². The van der Waals surface area contributed by atoms with Crippen molar-refractivity contribution < 1.29 is 9.47 Å². The summed E-state index contributed by atoms with van der Waals surface area (Å²) in [6, 6.07) is 9.40. The van der Waals surface area contributed by atoms with Gasteiger partial charge < -0.3 is 19.8 Å². The van der Waals surface area contributed by atoms with Gasteiger partial charge in [-0.3, -0.25) is 4.79 Å². The van der Waals surface area contributed by atoms with E-state index in [0.29, 0.717) is 13.2 Å². The van der Waals surface area contributed by atoms with Gasteiger partial charge in [0.05, 0.1) is 18.5 Å². The molecule has 0 aliphatic rings. The first kappa shape index (κ1) is 16.1. The molecule has 0 bridgehead atoms. The Morgan fingerprint density at radius 3 is 2.64 bits per heavy atom. The van der Waals surface area contributed by atoms with Crippen LogP contribution in [0.1, 0.15) is 12.0 Å². The molecule has 0 amide bonds. The molecule has 1 aromatic heterocycles. The van der Waals surface area contributed by atoms with Crippen LogP contribution in [0.2, 0.25) is 0 Å². The Morgan fingerprint density at radius 2 is 1.95 bits per heavy atom. The van der Waals surface area contributed by atoms with E-state index in [1.54, 1.807) is 24.9 Å². The van der Waals surface area contributed by atoms with Gasteiger partial charge in [0.15, 0.2) is 0 Å². The standard InChI is InChI=1S/C17H22N2O3/c1-12-5-8-16(22-3)13(11-12)15-7-6-14(18)17(20)19(15)9-4-10-21-2/h5-8,11H,4,9-10,18H2,1-3H3. The van der Waals surface area contributed by atoms with E-state index in [9.17, 15) is 4.79 Å². The third kappa shape index (κ3) is 3.31. The summed E-state index contributed by atoms with van der Waals surface area (Å²) in [5, 5.41) is 0. The lowest BCUT2D eigenvalue weighted by Crippen LogP contribution is -2.25. The molecule has 0 radical (unpaired) electrons. The van der Waals surface area contributed by atoms with Crippen molar-refractivity contribution in [2.45, 2.75) is 19.9 Å². The van der Waals surface area contributed by atoms with Gasteiger partial charge in [0.1, 0.15) is 5.75 Å². The first-order valence-electron chi connectivity index (χ1n) is 7.21. The molecule has 2 N–H and O–H groups in total. The molecule has 0 aliphatic carbocycles. The summed E-state index contributed by atoms with van der Waals surface area (Å²) in [6.07, 6.45) is 0.737. The lowest BCUT2D eigenvalue weighted by molar-refractivity contribution is 0.190. The molecule has 5 nitrogen and oxygen atoms in total. The van der Waals surface area contributed by atoms with E-state index in [2.05, 4.69) is 0 Å². The number of rotatable bonds is 6. The number of aromatic nitrogens is 1. The van der Waals surface area contributed by atoms with Gasteiger partial charge in [0.2, 0.25) is 0 Å². The molecule has 1 heterocycles. The average Bonchev–Trinajstić information content (AvgIpc) is 2.52. The third-order valence-electron chi connectivity index (χ3n) is 3.56. The molecular weight excluding hydrogens is 280 g/mol. The molecule has 118 valence electrons. The number of methoxy groups -OCH3 is 2. The van der Waals surface area contributed by atoms with Crippen LogP contribution in [-0.4, -0.2) is 25.4 Å². The second kappa shape index (κ2) is 7.13. The monoisotopic (exact) mass is 302 g/mol. The molecule has 0 saturated heterocycles. The van der Waals surface area contributed by atoms with Gasteiger partial charge in [-0.05, 0) is 37.6 Å². The minimum Gasteiger partial charge on any atom is -0.496 e.